The second-order valence-electron chi connectivity index (χ2n) is 4.25. The van der Waals surface area contributed by atoms with Gasteiger partial charge in [-0.1, -0.05) is 18.2 Å². The zero-order valence-corrected chi connectivity index (χ0v) is 11.3. The predicted octanol–water partition coefficient (Wildman–Crippen LogP) is 0.979. The number of H-pyrrole nitrogens is 1. The molecule has 2 rings (SSSR count). The minimum Gasteiger partial charge on any atom is -0.493 e. The average molecular weight is 273 g/mol. The van der Waals surface area contributed by atoms with E-state index in [4.69, 9.17) is 0 Å². The Morgan fingerprint density at radius 1 is 1.35 bits per heavy atom. The zero-order valence-electron chi connectivity index (χ0n) is 11.3. The molecule has 1 aromatic heterocycles. The lowest BCUT2D eigenvalue weighted by Gasteiger charge is -2.11. The van der Waals surface area contributed by atoms with Gasteiger partial charge in [-0.05, 0) is 25.5 Å². The number of aryl methyl sites for hydroxylation is 1. The molecule has 6 nitrogen and oxygen atoms in total. The molecule has 2 aromatic rings. The number of rotatable bonds is 3. The monoisotopic (exact) mass is 273 g/mol. The average Bonchev–Trinajstić information content (AvgIpc) is 2.40. The molecule has 1 heterocycles. The molecule has 0 aliphatic carbocycles. The van der Waals surface area contributed by atoms with Gasteiger partial charge in [0.1, 0.15) is 5.56 Å². The Labute approximate surface area is 115 Å². The Hall–Kier alpha value is -2.63. The van der Waals surface area contributed by atoms with E-state index in [1.54, 1.807) is 19.1 Å². The molecule has 0 unspecified atom stereocenters. The number of benzene rings is 1. The van der Waals surface area contributed by atoms with Crippen molar-refractivity contribution in [2.75, 3.05) is 6.54 Å². The van der Waals surface area contributed by atoms with Gasteiger partial charge < -0.3 is 5.11 Å². The summed E-state index contributed by atoms with van der Waals surface area (Å²) in [5.41, 5.74) is -0.0626. The highest BCUT2D eigenvalue weighted by atomic mass is 16.3. The van der Waals surface area contributed by atoms with Crippen molar-refractivity contribution in [2.45, 2.75) is 13.8 Å². The van der Waals surface area contributed by atoms with Crippen molar-refractivity contribution >= 4 is 6.21 Å². The van der Waals surface area contributed by atoms with E-state index in [2.05, 4.69) is 9.98 Å². The van der Waals surface area contributed by atoms with Crippen LogP contribution in [0.3, 0.4) is 0 Å². The zero-order chi connectivity index (χ0) is 14.7. The summed E-state index contributed by atoms with van der Waals surface area (Å²) in [5, 5.41) is 10.2. The van der Waals surface area contributed by atoms with E-state index in [0.29, 0.717) is 12.2 Å². The van der Waals surface area contributed by atoms with Crippen molar-refractivity contribution in [1.82, 2.24) is 9.55 Å². The summed E-state index contributed by atoms with van der Waals surface area (Å²) in [4.78, 5) is 29.8. The van der Waals surface area contributed by atoms with Gasteiger partial charge in [0.25, 0.3) is 5.56 Å². The van der Waals surface area contributed by atoms with Crippen LogP contribution >= 0.6 is 0 Å². The number of aromatic amines is 1. The molecule has 0 aliphatic rings. The van der Waals surface area contributed by atoms with Crippen LogP contribution in [0.1, 0.15) is 18.1 Å². The van der Waals surface area contributed by atoms with E-state index in [0.717, 1.165) is 10.1 Å². The normalized spacial score (nSPS) is 11.1. The van der Waals surface area contributed by atoms with Gasteiger partial charge in [0.15, 0.2) is 0 Å². The van der Waals surface area contributed by atoms with E-state index < -0.39 is 17.1 Å². The van der Waals surface area contributed by atoms with E-state index in [9.17, 15) is 14.7 Å². The van der Waals surface area contributed by atoms with Crippen LogP contribution < -0.4 is 11.2 Å². The third-order valence-corrected chi connectivity index (χ3v) is 2.88. The Morgan fingerprint density at radius 2 is 2.05 bits per heavy atom. The molecule has 0 bridgehead atoms. The number of hydrogen-bond acceptors (Lipinski definition) is 4. The highest BCUT2D eigenvalue weighted by Gasteiger charge is 2.14. The summed E-state index contributed by atoms with van der Waals surface area (Å²) in [6.07, 6.45) is 1.27. The fourth-order valence-corrected chi connectivity index (χ4v) is 1.88. The lowest BCUT2D eigenvalue weighted by molar-refractivity contribution is 0.430. The first-order chi connectivity index (χ1) is 9.56. The molecule has 20 heavy (non-hydrogen) atoms. The Bertz CT molecular complexity index is 772. The van der Waals surface area contributed by atoms with Gasteiger partial charge in [0.05, 0.1) is 5.69 Å². The van der Waals surface area contributed by atoms with Gasteiger partial charge in [0, 0.05) is 12.8 Å². The molecule has 6 heteroatoms. The van der Waals surface area contributed by atoms with Crippen molar-refractivity contribution in [2.24, 2.45) is 4.99 Å². The van der Waals surface area contributed by atoms with E-state index in [-0.39, 0.29) is 5.56 Å². The Balaban J connectivity index is 2.78. The van der Waals surface area contributed by atoms with Crippen LogP contribution in [0.4, 0.5) is 0 Å². The summed E-state index contributed by atoms with van der Waals surface area (Å²) in [5.74, 6) is -0.412. The maximum atomic E-state index is 11.9. The van der Waals surface area contributed by atoms with Gasteiger partial charge in [-0.25, -0.2) is 9.36 Å². The number of aromatic nitrogens is 2. The fraction of sp³-hybridized carbons (Fsp3) is 0.214. The first-order valence-corrected chi connectivity index (χ1v) is 6.20. The summed E-state index contributed by atoms with van der Waals surface area (Å²) in [7, 11) is 0. The molecular formula is C14H15N3O3. The third kappa shape index (κ3) is 2.40. The van der Waals surface area contributed by atoms with Gasteiger partial charge in [-0.2, -0.15) is 0 Å². The van der Waals surface area contributed by atoms with Crippen LogP contribution in [0, 0.1) is 6.92 Å². The molecule has 0 saturated carbocycles. The second kappa shape index (κ2) is 5.56. The van der Waals surface area contributed by atoms with Gasteiger partial charge in [-0.15, -0.1) is 0 Å². The molecule has 0 atom stereocenters. The molecule has 0 saturated heterocycles. The first-order valence-electron chi connectivity index (χ1n) is 6.20. The van der Waals surface area contributed by atoms with Gasteiger partial charge in [-0.3, -0.25) is 14.8 Å². The number of nitrogens with one attached hydrogen (secondary N) is 1. The summed E-state index contributed by atoms with van der Waals surface area (Å²) < 4.78 is 1.06. The van der Waals surface area contributed by atoms with Crippen molar-refractivity contribution in [3.05, 3.63) is 56.2 Å². The Morgan fingerprint density at radius 3 is 2.70 bits per heavy atom. The number of para-hydroxylation sites is 1. The van der Waals surface area contributed by atoms with Crippen molar-refractivity contribution in [1.29, 1.82) is 0 Å². The molecule has 0 fully saturated rings. The Kier molecular flexibility index (Phi) is 3.84. The molecular weight excluding hydrogens is 258 g/mol. The summed E-state index contributed by atoms with van der Waals surface area (Å²) in [6, 6.07) is 7.08. The molecule has 0 amide bonds. The molecule has 104 valence electrons. The standard InChI is InChI=1S/C14H15N3O3/c1-3-15-8-10-12(18)16-14(20)17(13(10)19)11-7-5-4-6-9(11)2/h4-8,19H,3H2,1-2H3,(H,16,18,20). The molecule has 2 N–H and O–H groups in total. The van der Waals surface area contributed by atoms with Crippen LogP contribution in [0.25, 0.3) is 5.69 Å². The van der Waals surface area contributed by atoms with E-state index in [1.807, 2.05) is 19.1 Å². The van der Waals surface area contributed by atoms with Crippen molar-refractivity contribution < 1.29 is 5.11 Å². The topological polar surface area (TPSA) is 87.4 Å². The SMILES string of the molecule is CCN=Cc1c(O)n(-c2ccccc2C)c(=O)[nH]c1=O. The molecule has 1 aromatic carbocycles. The highest BCUT2D eigenvalue weighted by molar-refractivity contribution is 5.82. The van der Waals surface area contributed by atoms with Crippen molar-refractivity contribution in [3.63, 3.8) is 0 Å². The largest absolute Gasteiger partial charge is 0.493 e. The number of hydrogen-bond donors (Lipinski definition) is 2. The van der Waals surface area contributed by atoms with Crippen LogP contribution in [-0.4, -0.2) is 27.4 Å². The molecule has 0 radical (unpaired) electrons. The minimum absolute atomic E-state index is 0.0327. The smallest absolute Gasteiger partial charge is 0.335 e. The number of aliphatic imine (C=N–C) groups is 1. The maximum absolute atomic E-state index is 11.9. The predicted molar refractivity (Wildman–Crippen MR) is 77.2 cm³/mol. The quantitative estimate of drug-likeness (QED) is 0.817. The highest BCUT2D eigenvalue weighted by Crippen LogP contribution is 2.18. The van der Waals surface area contributed by atoms with E-state index >= 15 is 0 Å². The van der Waals surface area contributed by atoms with Crippen LogP contribution in [0.2, 0.25) is 0 Å². The van der Waals surface area contributed by atoms with Crippen molar-refractivity contribution in [3.8, 4) is 11.6 Å². The minimum atomic E-state index is -0.685. The number of aromatic hydroxyl groups is 1. The lowest BCUT2D eigenvalue weighted by atomic mass is 10.2. The van der Waals surface area contributed by atoms with Crippen LogP contribution in [0.5, 0.6) is 5.88 Å². The maximum Gasteiger partial charge on any atom is 0.335 e. The van der Waals surface area contributed by atoms with E-state index in [1.165, 1.54) is 6.21 Å². The van der Waals surface area contributed by atoms with Crippen LogP contribution in [0.15, 0.2) is 38.8 Å². The fourth-order valence-electron chi connectivity index (χ4n) is 1.88. The first kappa shape index (κ1) is 13.8. The third-order valence-electron chi connectivity index (χ3n) is 2.88. The summed E-state index contributed by atoms with van der Waals surface area (Å²) >= 11 is 0. The number of nitrogens with zero attached hydrogens (tertiary/aromatic N) is 2. The second-order valence-corrected chi connectivity index (χ2v) is 4.25. The van der Waals surface area contributed by atoms with Crippen LogP contribution in [-0.2, 0) is 0 Å². The lowest BCUT2D eigenvalue weighted by Crippen LogP contribution is -2.31. The summed E-state index contributed by atoms with van der Waals surface area (Å²) in [6.45, 7) is 4.09. The van der Waals surface area contributed by atoms with Gasteiger partial charge >= 0.3 is 5.69 Å². The molecule has 0 spiro atoms. The molecule has 0 aliphatic heterocycles. The van der Waals surface area contributed by atoms with Gasteiger partial charge in [0.2, 0.25) is 5.88 Å².